The molecule has 268 valence electrons. The van der Waals surface area contributed by atoms with Gasteiger partial charge in [-0.05, 0) is 41.0 Å². The molecule has 11 heteroatoms. The van der Waals surface area contributed by atoms with E-state index in [2.05, 4.69) is 5.48 Å². The maximum Gasteiger partial charge on any atom is 0.356 e. The average Bonchev–Trinajstić information content (AvgIpc) is 3.16. The predicted octanol–water partition coefficient (Wildman–Crippen LogP) is 4.89. The van der Waals surface area contributed by atoms with E-state index in [4.69, 9.17) is 4.84 Å². The summed E-state index contributed by atoms with van der Waals surface area (Å²) in [7, 11) is 0. The van der Waals surface area contributed by atoms with Crippen molar-refractivity contribution in [1.29, 1.82) is 0 Å². The van der Waals surface area contributed by atoms with E-state index < -0.39 is 34.9 Å². The third kappa shape index (κ3) is 9.79. The Morgan fingerprint density at radius 3 is 1.67 bits per heavy atom. The number of amides is 2. The number of nitrogens with zero attached hydrogens (tertiary/aromatic N) is 4. The van der Waals surface area contributed by atoms with Crippen molar-refractivity contribution in [1.82, 2.24) is 19.3 Å². The van der Waals surface area contributed by atoms with Crippen LogP contribution >= 0.6 is 0 Å². The van der Waals surface area contributed by atoms with Crippen molar-refractivity contribution >= 4 is 17.9 Å². The smallest absolute Gasteiger partial charge is 0.273 e. The number of carbonyl (C=O) groups excluding carboxylic acids is 2. The highest BCUT2D eigenvalue weighted by Gasteiger charge is 2.35. The molecule has 1 atom stereocenters. The molecule has 1 heterocycles. The van der Waals surface area contributed by atoms with Gasteiger partial charge in [-0.15, -0.1) is 4.68 Å². The minimum atomic E-state index is -1.42. The molecule has 5 rings (SSSR count). The normalized spacial score (nSPS) is 11.8. The summed E-state index contributed by atoms with van der Waals surface area (Å²) in [6.07, 6.45) is 3.74. The summed E-state index contributed by atoms with van der Waals surface area (Å²) < 4.78 is 2.49. The summed E-state index contributed by atoms with van der Waals surface area (Å²) in [6.45, 7) is 3.58. The number of hydrogen-bond donors (Lipinski definition) is 1. The van der Waals surface area contributed by atoms with Crippen molar-refractivity contribution < 1.29 is 14.4 Å². The van der Waals surface area contributed by atoms with Crippen LogP contribution in [0, 0.1) is 5.92 Å². The SMILES string of the molecule is CC(C)CCC(=O)N([C@@H](CC=Cc1ccccc1)C(=O)NOCc1ccccc1)n1c(=O)n(Cc2ccccc2)c(=O)n(Cc2ccccc2)c1=O. The van der Waals surface area contributed by atoms with Crippen LogP contribution in [0.2, 0.25) is 0 Å². The Bertz CT molecular complexity index is 2050. The highest BCUT2D eigenvalue weighted by molar-refractivity contribution is 5.95. The van der Waals surface area contributed by atoms with Crippen LogP contribution in [0.3, 0.4) is 0 Å². The first kappa shape index (κ1) is 37.2. The fourth-order valence-corrected chi connectivity index (χ4v) is 5.61. The molecule has 5 aromatic rings. The first-order valence-corrected chi connectivity index (χ1v) is 17.3. The lowest BCUT2D eigenvalue weighted by molar-refractivity contribution is -0.138. The van der Waals surface area contributed by atoms with Gasteiger partial charge in [-0.1, -0.05) is 147 Å². The molecule has 0 bridgehead atoms. The molecule has 0 spiro atoms. The maximum absolute atomic E-state index is 14.5. The highest BCUT2D eigenvalue weighted by atomic mass is 16.7. The Balaban J connectivity index is 1.66. The highest BCUT2D eigenvalue weighted by Crippen LogP contribution is 2.13. The van der Waals surface area contributed by atoms with Gasteiger partial charge in [-0.25, -0.2) is 34.0 Å². The van der Waals surface area contributed by atoms with Crippen LogP contribution in [0.1, 0.15) is 55.4 Å². The van der Waals surface area contributed by atoms with Crippen molar-refractivity contribution in [3.05, 3.63) is 181 Å². The van der Waals surface area contributed by atoms with Crippen LogP contribution in [0.15, 0.2) is 142 Å². The minimum Gasteiger partial charge on any atom is -0.273 e. The quantitative estimate of drug-likeness (QED) is 0.146. The lowest BCUT2D eigenvalue weighted by Gasteiger charge is -2.31. The Labute approximate surface area is 302 Å². The van der Waals surface area contributed by atoms with Crippen LogP contribution in [0.25, 0.3) is 6.08 Å². The van der Waals surface area contributed by atoms with E-state index in [0.29, 0.717) is 22.2 Å². The van der Waals surface area contributed by atoms with Crippen molar-refractivity contribution in [2.24, 2.45) is 5.92 Å². The molecule has 11 nitrogen and oxygen atoms in total. The molecule has 0 aliphatic rings. The predicted molar refractivity (Wildman–Crippen MR) is 201 cm³/mol. The van der Waals surface area contributed by atoms with E-state index in [1.54, 1.807) is 60.7 Å². The van der Waals surface area contributed by atoms with Gasteiger partial charge in [0.25, 0.3) is 5.91 Å². The molecule has 0 aliphatic heterocycles. The summed E-state index contributed by atoms with van der Waals surface area (Å²) in [6, 6.07) is 34.9. The lowest BCUT2D eigenvalue weighted by atomic mass is 10.1. The van der Waals surface area contributed by atoms with E-state index >= 15 is 0 Å². The second-order valence-electron chi connectivity index (χ2n) is 12.8. The standard InChI is InChI=1S/C41H43N5O6/c1-31(2)26-27-37(47)45(36(25-15-24-32-16-7-3-8-17-32)38(48)42-52-30-35-22-13-6-14-23-35)46-40(50)43(28-33-18-9-4-10-19-33)39(49)44(41(46)51)29-34-20-11-5-12-21-34/h3-24,31,36H,25-30H2,1-2H3,(H,42,48)/t36-/m0/s1. The van der Waals surface area contributed by atoms with Gasteiger partial charge in [0.2, 0.25) is 5.91 Å². The number of hydrogen-bond acceptors (Lipinski definition) is 6. The molecule has 1 N–H and O–H groups in total. The molecule has 0 saturated carbocycles. The van der Waals surface area contributed by atoms with Gasteiger partial charge in [0, 0.05) is 6.42 Å². The molecule has 0 saturated heterocycles. The first-order chi connectivity index (χ1) is 25.2. The minimum absolute atomic E-state index is 0.0340. The summed E-state index contributed by atoms with van der Waals surface area (Å²) >= 11 is 0. The molecule has 1 aromatic heterocycles. The summed E-state index contributed by atoms with van der Waals surface area (Å²) in [5.74, 6) is -1.29. The Hall–Kier alpha value is -6.07. The largest absolute Gasteiger partial charge is 0.356 e. The van der Waals surface area contributed by atoms with Crippen molar-refractivity contribution in [2.75, 3.05) is 5.01 Å². The number of carbonyl (C=O) groups is 2. The first-order valence-electron chi connectivity index (χ1n) is 17.3. The van der Waals surface area contributed by atoms with Gasteiger partial charge < -0.3 is 0 Å². The maximum atomic E-state index is 14.5. The topological polar surface area (TPSA) is 125 Å². The molecule has 0 radical (unpaired) electrons. The van der Waals surface area contributed by atoms with Crippen molar-refractivity contribution in [3.63, 3.8) is 0 Å². The summed E-state index contributed by atoms with van der Waals surface area (Å²) in [5.41, 5.74) is 2.41. The zero-order chi connectivity index (χ0) is 36.9. The second kappa shape index (κ2) is 18.2. The number of hydroxylamine groups is 1. The molecule has 0 unspecified atom stereocenters. The van der Waals surface area contributed by atoms with Crippen LogP contribution in [0.5, 0.6) is 0 Å². The van der Waals surface area contributed by atoms with E-state index in [1.807, 2.05) is 86.6 Å². The van der Waals surface area contributed by atoms with E-state index in [-0.39, 0.29) is 38.5 Å². The van der Waals surface area contributed by atoms with E-state index in [1.165, 1.54) is 0 Å². The number of aromatic nitrogens is 3. The van der Waals surface area contributed by atoms with Crippen molar-refractivity contribution in [2.45, 2.75) is 58.8 Å². The fraction of sp³-hybridized carbons (Fsp3) is 0.244. The summed E-state index contributed by atoms with van der Waals surface area (Å²) in [5, 5.41) is 0.909. The van der Waals surface area contributed by atoms with Gasteiger partial charge in [0.1, 0.15) is 6.04 Å². The zero-order valence-electron chi connectivity index (χ0n) is 29.3. The van der Waals surface area contributed by atoms with Gasteiger partial charge in [0.05, 0.1) is 19.7 Å². The van der Waals surface area contributed by atoms with Crippen LogP contribution < -0.4 is 27.6 Å². The Morgan fingerprint density at radius 2 is 1.17 bits per heavy atom. The number of rotatable bonds is 16. The Kier molecular flexibility index (Phi) is 13.1. The van der Waals surface area contributed by atoms with Crippen LogP contribution in [-0.2, 0) is 34.1 Å². The molecular formula is C41H43N5O6. The second-order valence-corrected chi connectivity index (χ2v) is 12.8. The summed E-state index contributed by atoms with van der Waals surface area (Å²) in [4.78, 5) is 77.0. The number of nitrogens with one attached hydrogen (secondary N) is 1. The van der Waals surface area contributed by atoms with Crippen LogP contribution in [0.4, 0.5) is 0 Å². The third-order valence-corrected chi connectivity index (χ3v) is 8.38. The monoisotopic (exact) mass is 701 g/mol. The third-order valence-electron chi connectivity index (χ3n) is 8.38. The molecule has 2 amide bonds. The molecule has 4 aromatic carbocycles. The molecular weight excluding hydrogens is 658 g/mol. The van der Waals surface area contributed by atoms with E-state index in [0.717, 1.165) is 25.3 Å². The number of benzene rings is 4. The zero-order valence-corrected chi connectivity index (χ0v) is 29.3. The van der Waals surface area contributed by atoms with E-state index in [9.17, 15) is 24.0 Å². The Morgan fingerprint density at radius 1 is 0.692 bits per heavy atom. The fourth-order valence-electron chi connectivity index (χ4n) is 5.61. The van der Waals surface area contributed by atoms with Crippen molar-refractivity contribution in [3.8, 4) is 0 Å². The molecule has 0 aliphatic carbocycles. The van der Waals surface area contributed by atoms with Gasteiger partial charge in [-0.3, -0.25) is 14.4 Å². The lowest BCUT2D eigenvalue weighted by Crippen LogP contribution is -2.66. The van der Waals surface area contributed by atoms with Gasteiger partial charge in [0.15, 0.2) is 0 Å². The van der Waals surface area contributed by atoms with Gasteiger partial charge in [-0.2, -0.15) is 0 Å². The molecule has 0 fully saturated rings. The van der Waals surface area contributed by atoms with Gasteiger partial charge >= 0.3 is 17.1 Å². The molecule has 52 heavy (non-hydrogen) atoms. The average molecular weight is 702 g/mol. The van der Waals surface area contributed by atoms with Crippen LogP contribution in [-0.4, -0.2) is 31.7 Å².